The van der Waals surface area contributed by atoms with E-state index in [1.54, 1.807) is 34.6 Å². The number of carbonyl (C=O) groups is 5. The van der Waals surface area contributed by atoms with Crippen molar-refractivity contribution in [1.82, 2.24) is 20.9 Å². The molecule has 0 aromatic heterocycles. The van der Waals surface area contributed by atoms with Crippen LogP contribution in [0.1, 0.15) is 53.9 Å². The molecule has 17 heteroatoms. The number of rotatable bonds is 11. The molecular formula is C23H37N4NaO11S. The first-order chi connectivity index (χ1) is 17.9. The molecule has 0 aromatic carbocycles. The van der Waals surface area contributed by atoms with Crippen LogP contribution in [0.25, 0.3) is 0 Å². The molecule has 0 aromatic rings. The van der Waals surface area contributed by atoms with Gasteiger partial charge in [-0.15, -0.1) is 0 Å². The Hall–Kier alpha value is -1.98. The van der Waals surface area contributed by atoms with Crippen molar-refractivity contribution in [3.63, 3.8) is 0 Å². The van der Waals surface area contributed by atoms with E-state index in [0.29, 0.717) is 13.0 Å². The minimum Gasteiger partial charge on any atom is -0.746 e. The summed E-state index contributed by atoms with van der Waals surface area (Å²) in [6, 6.07) is -2.93. The third-order valence-corrected chi connectivity index (χ3v) is 6.73. The number of nitrogens with one attached hydrogen (secondary N) is 3. The van der Waals surface area contributed by atoms with Gasteiger partial charge >= 0.3 is 41.7 Å². The number of amides is 4. The fraction of sp³-hybridized carbons (Fsp3) is 0.783. The van der Waals surface area contributed by atoms with Crippen LogP contribution in [0.5, 0.6) is 0 Å². The van der Waals surface area contributed by atoms with E-state index in [0.717, 1.165) is 0 Å². The number of aliphatic hydroxyl groups excluding tert-OH is 1. The molecule has 4 N–H and O–H groups in total. The quantitative estimate of drug-likeness (QED) is 0.133. The zero-order valence-corrected chi connectivity index (χ0v) is 26.4. The molecule has 2 heterocycles. The standard InChI is InChI=1S/C23H38N4O11S.Na/c1-12(2)8-16(26-21(32)37-14-10-27(11-14)22(33)38-23(3,4)5)19(30)25-15(9-13-6-7-24-18(13)29)17(28)20(31)39(34,35)36;/h12-16,20,31H,6-11H2,1-5H3,(H,24,29)(H,25,30)(H,26,32)(H,34,35,36);/q;+1/p-1/t13-,15+,16+,20?;/m1./s1. The molecule has 0 spiro atoms. The maximum absolute atomic E-state index is 13.1. The summed E-state index contributed by atoms with van der Waals surface area (Å²) >= 11 is 0. The van der Waals surface area contributed by atoms with Crippen LogP contribution in [0.2, 0.25) is 0 Å². The van der Waals surface area contributed by atoms with Gasteiger partial charge in [-0.3, -0.25) is 14.4 Å². The van der Waals surface area contributed by atoms with Crippen molar-refractivity contribution >= 4 is 39.9 Å². The first-order valence-electron chi connectivity index (χ1n) is 12.6. The molecule has 2 aliphatic rings. The number of carbonyl (C=O) groups excluding carboxylic acids is 5. The zero-order chi connectivity index (χ0) is 29.7. The van der Waals surface area contributed by atoms with E-state index in [4.69, 9.17) is 9.47 Å². The van der Waals surface area contributed by atoms with Crippen LogP contribution in [0, 0.1) is 11.8 Å². The smallest absolute Gasteiger partial charge is 0.746 e. The van der Waals surface area contributed by atoms with E-state index < -0.39 is 75.0 Å². The van der Waals surface area contributed by atoms with Crippen LogP contribution < -0.4 is 45.5 Å². The van der Waals surface area contributed by atoms with Gasteiger partial charge in [-0.25, -0.2) is 18.0 Å². The number of hydrogen-bond acceptors (Lipinski definition) is 11. The third kappa shape index (κ3) is 11.1. The van der Waals surface area contributed by atoms with Crippen molar-refractivity contribution in [2.75, 3.05) is 19.6 Å². The number of ketones is 1. The second kappa shape index (κ2) is 14.8. The molecule has 4 amide bonds. The summed E-state index contributed by atoms with van der Waals surface area (Å²) in [4.78, 5) is 63.6. The first kappa shape index (κ1) is 36.0. The molecule has 4 atom stereocenters. The normalized spacial score (nSPS) is 19.9. The molecule has 2 saturated heterocycles. The minimum atomic E-state index is -5.44. The van der Waals surface area contributed by atoms with Gasteiger partial charge in [-0.2, -0.15) is 0 Å². The molecule has 1 unspecified atom stereocenters. The third-order valence-electron chi connectivity index (χ3n) is 5.95. The largest absolute Gasteiger partial charge is 1.00 e. The molecule has 0 saturated carbocycles. The summed E-state index contributed by atoms with van der Waals surface area (Å²) in [6.07, 6.45) is -2.15. The predicted molar refractivity (Wildman–Crippen MR) is 133 cm³/mol. The number of hydrogen-bond donors (Lipinski definition) is 4. The minimum absolute atomic E-state index is 0. The van der Waals surface area contributed by atoms with Gasteiger partial charge in [-0.1, -0.05) is 13.8 Å². The first-order valence-corrected chi connectivity index (χ1v) is 14.0. The van der Waals surface area contributed by atoms with Crippen molar-refractivity contribution in [1.29, 1.82) is 0 Å². The van der Waals surface area contributed by atoms with E-state index in [2.05, 4.69) is 16.0 Å². The fourth-order valence-electron chi connectivity index (χ4n) is 4.01. The predicted octanol–water partition coefficient (Wildman–Crippen LogP) is -3.81. The van der Waals surface area contributed by atoms with Crippen LogP contribution >= 0.6 is 0 Å². The van der Waals surface area contributed by atoms with Crippen molar-refractivity contribution in [2.24, 2.45) is 11.8 Å². The Morgan fingerprint density at radius 3 is 2.23 bits per heavy atom. The van der Waals surface area contributed by atoms with Gasteiger partial charge in [0.25, 0.3) is 0 Å². The van der Waals surface area contributed by atoms with Crippen LogP contribution in [0.3, 0.4) is 0 Å². The molecule has 40 heavy (non-hydrogen) atoms. The molecular weight excluding hydrogens is 563 g/mol. The Balaban J connectivity index is 0.00000800. The Labute approximate surface area is 255 Å². The summed E-state index contributed by atoms with van der Waals surface area (Å²) in [7, 11) is -5.44. The number of aliphatic hydroxyl groups is 1. The van der Waals surface area contributed by atoms with Crippen LogP contribution in [0.15, 0.2) is 0 Å². The van der Waals surface area contributed by atoms with Crippen molar-refractivity contribution in [3.8, 4) is 0 Å². The SMILES string of the molecule is CC(C)C[C@H](NC(=O)OC1CN(C(=O)OC(C)(C)C)C1)C(=O)N[C@@H](C[C@H]1CCNC1=O)C(=O)C(O)S(=O)(=O)[O-].[Na+]. The monoisotopic (exact) mass is 600 g/mol. The second-order valence-corrected chi connectivity index (χ2v) is 12.5. The number of Topliss-reactive ketones (excluding diaryl/α,β-unsaturated/α-hetero) is 1. The molecule has 0 bridgehead atoms. The summed E-state index contributed by atoms with van der Waals surface area (Å²) in [5.74, 6) is -3.72. The Kier molecular flexibility index (Phi) is 13.3. The number of alkyl carbamates (subject to hydrolysis) is 1. The van der Waals surface area contributed by atoms with Gasteiger partial charge in [0.15, 0.2) is 5.78 Å². The summed E-state index contributed by atoms with van der Waals surface area (Å²) < 4.78 is 44.2. The maximum Gasteiger partial charge on any atom is 1.00 e. The Bertz CT molecular complexity index is 1060. The van der Waals surface area contributed by atoms with E-state index in [9.17, 15) is 42.0 Å². The fourth-order valence-corrected chi connectivity index (χ4v) is 4.45. The van der Waals surface area contributed by atoms with E-state index in [-0.39, 0.29) is 61.4 Å². The number of nitrogens with zero attached hydrogens (tertiary/aromatic N) is 1. The molecule has 2 fully saturated rings. The van der Waals surface area contributed by atoms with Gasteiger partial charge in [0, 0.05) is 12.5 Å². The van der Waals surface area contributed by atoms with Crippen LogP contribution in [-0.4, -0.2) is 102 Å². The second-order valence-electron chi connectivity index (χ2n) is 11.1. The van der Waals surface area contributed by atoms with E-state index in [1.165, 1.54) is 4.90 Å². The molecule has 0 radical (unpaired) electrons. The van der Waals surface area contributed by atoms with Crippen LogP contribution in [-0.2, 0) is 34.0 Å². The Morgan fingerprint density at radius 2 is 1.75 bits per heavy atom. The molecule has 222 valence electrons. The van der Waals surface area contributed by atoms with Crippen molar-refractivity contribution in [2.45, 2.75) is 83.1 Å². The topological polar surface area (TPSA) is 221 Å². The van der Waals surface area contributed by atoms with Crippen molar-refractivity contribution in [3.05, 3.63) is 0 Å². The van der Waals surface area contributed by atoms with Crippen molar-refractivity contribution < 1.29 is 81.1 Å². The number of ether oxygens (including phenoxy) is 2. The summed E-state index contributed by atoms with van der Waals surface area (Å²) in [6.45, 7) is 9.15. The number of likely N-dealkylation sites (tertiary alicyclic amines) is 1. The van der Waals surface area contributed by atoms with Gasteiger partial charge in [-0.05, 0) is 46.0 Å². The van der Waals surface area contributed by atoms with Gasteiger partial charge in [0.05, 0.1) is 19.1 Å². The molecule has 2 rings (SSSR count). The average Bonchev–Trinajstić information content (AvgIpc) is 3.15. The maximum atomic E-state index is 13.1. The van der Waals surface area contributed by atoms with E-state index in [1.807, 2.05) is 0 Å². The Morgan fingerprint density at radius 1 is 1.15 bits per heavy atom. The zero-order valence-electron chi connectivity index (χ0n) is 23.6. The molecule has 2 aliphatic heterocycles. The summed E-state index contributed by atoms with van der Waals surface area (Å²) in [5.41, 5.74) is -3.63. The van der Waals surface area contributed by atoms with Crippen LogP contribution in [0.4, 0.5) is 9.59 Å². The van der Waals surface area contributed by atoms with E-state index >= 15 is 0 Å². The van der Waals surface area contributed by atoms with Gasteiger partial charge in [0.1, 0.15) is 27.9 Å². The average molecular weight is 601 g/mol. The van der Waals surface area contributed by atoms with Gasteiger partial charge in [0.2, 0.25) is 17.3 Å². The molecule has 0 aliphatic carbocycles. The summed E-state index contributed by atoms with van der Waals surface area (Å²) in [5, 5.41) is 17.0. The van der Waals surface area contributed by atoms with Gasteiger partial charge < -0.3 is 40.0 Å². The molecule has 15 nitrogen and oxygen atoms in total.